The Morgan fingerprint density at radius 3 is 2.57 bits per heavy atom. The average Bonchev–Trinajstić information content (AvgIpc) is 2.48. The monoisotopic (exact) mass is 317 g/mol. The van der Waals surface area contributed by atoms with Crippen molar-refractivity contribution in [1.82, 2.24) is 5.32 Å². The van der Waals surface area contributed by atoms with E-state index >= 15 is 0 Å². The summed E-state index contributed by atoms with van der Waals surface area (Å²) in [5, 5.41) is 12.9. The third-order valence-corrected chi connectivity index (χ3v) is 5.55. The Balaban J connectivity index is 1.67. The van der Waals surface area contributed by atoms with Crippen LogP contribution in [0.1, 0.15) is 37.7 Å². The molecule has 1 atom stereocenters. The van der Waals surface area contributed by atoms with Crippen molar-refractivity contribution in [2.45, 2.75) is 50.7 Å². The molecule has 2 N–H and O–H groups in total. The first kappa shape index (κ1) is 16.5. The van der Waals surface area contributed by atoms with Gasteiger partial charge in [-0.25, -0.2) is 0 Å². The normalized spacial score (nSPS) is 26.7. The summed E-state index contributed by atoms with van der Waals surface area (Å²) in [6.07, 6.45) is 5.13. The van der Waals surface area contributed by atoms with Crippen LogP contribution < -0.4 is 5.32 Å². The van der Waals surface area contributed by atoms with Crippen LogP contribution in [0.3, 0.4) is 0 Å². The Morgan fingerprint density at radius 1 is 1.35 bits per heavy atom. The minimum atomic E-state index is -0.327. The van der Waals surface area contributed by atoms with E-state index < -0.39 is 0 Å². The summed E-state index contributed by atoms with van der Waals surface area (Å²) in [7, 11) is 1.66. The van der Waals surface area contributed by atoms with Gasteiger partial charge in [-0.3, -0.25) is 4.79 Å². The van der Waals surface area contributed by atoms with E-state index in [0.717, 1.165) is 38.5 Å². The second kappa shape index (κ2) is 7.02. The molecule has 2 aliphatic rings. The maximum Gasteiger partial charge on any atom is 0.228 e. The lowest BCUT2D eigenvalue weighted by Crippen LogP contribution is -2.55. The first-order valence-corrected chi connectivity index (χ1v) is 8.65. The lowest BCUT2D eigenvalue weighted by molar-refractivity contribution is -0.142. The van der Waals surface area contributed by atoms with Crippen LogP contribution in [-0.2, 0) is 16.0 Å². The van der Waals surface area contributed by atoms with Crippen LogP contribution in [-0.4, -0.2) is 36.9 Å². The molecule has 0 unspecified atom stereocenters. The molecule has 23 heavy (non-hydrogen) atoms. The maximum absolute atomic E-state index is 12.8. The van der Waals surface area contributed by atoms with Crippen molar-refractivity contribution in [3.05, 3.63) is 35.9 Å². The number of carbonyl (C=O) groups is 1. The molecule has 0 spiro atoms. The van der Waals surface area contributed by atoms with Crippen molar-refractivity contribution < 1.29 is 14.6 Å². The lowest BCUT2D eigenvalue weighted by Gasteiger charge is -2.43. The van der Waals surface area contributed by atoms with Crippen LogP contribution >= 0.6 is 0 Å². The highest BCUT2D eigenvalue weighted by Gasteiger charge is 2.46. The molecular formula is C19H27NO3. The number of aliphatic hydroxyl groups excluding tert-OH is 1. The zero-order valence-corrected chi connectivity index (χ0v) is 13.8. The molecule has 0 radical (unpaired) electrons. The number of carbonyl (C=O) groups excluding carboxylic acids is 1. The lowest BCUT2D eigenvalue weighted by atomic mass is 9.68. The maximum atomic E-state index is 12.8. The molecule has 1 aromatic rings. The zero-order valence-electron chi connectivity index (χ0n) is 13.8. The van der Waals surface area contributed by atoms with Crippen molar-refractivity contribution >= 4 is 5.91 Å². The molecular weight excluding hydrogens is 290 g/mol. The van der Waals surface area contributed by atoms with Gasteiger partial charge < -0.3 is 15.2 Å². The Hall–Kier alpha value is -1.39. The average molecular weight is 317 g/mol. The Labute approximate surface area is 138 Å². The minimum absolute atomic E-state index is 0.0997. The SMILES string of the molecule is COCC1(C(=O)N[C@@H](Cc2ccccc2)C2CC(O)C2)CCC1. The van der Waals surface area contributed by atoms with Gasteiger partial charge in [0.15, 0.2) is 0 Å². The summed E-state index contributed by atoms with van der Waals surface area (Å²) in [6.45, 7) is 0.504. The van der Waals surface area contributed by atoms with Gasteiger partial charge in [0.1, 0.15) is 0 Å². The van der Waals surface area contributed by atoms with Crippen LogP contribution in [0.15, 0.2) is 30.3 Å². The van der Waals surface area contributed by atoms with Gasteiger partial charge in [-0.05, 0) is 43.6 Å². The molecule has 0 aromatic heterocycles. The fraction of sp³-hybridized carbons (Fsp3) is 0.632. The summed E-state index contributed by atoms with van der Waals surface area (Å²) in [5.41, 5.74) is 0.903. The summed E-state index contributed by atoms with van der Waals surface area (Å²) in [6, 6.07) is 10.4. The van der Waals surface area contributed by atoms with Gasteiger partial charge in [0.2, 0.25) is 5.91 Å². The minimum Gasteiger partial charge on any atom is -0.393 e. The molecule has 4 nitrogen and oxygen atoms in total. The third kappa shape index (κ3) is 3.59. The number of ether oxygens (including phenoxy) is 1. The summed E-state index contributed by atoms with van der Waals surface area (Å²) < 4.78 is 5.29. The quantitative estimate of drug-likeness (QED) is 0.811. The molecule has 2 aliphatic carbocycles. The van der Waals surface area contributed by atoms with E-state index in [1.807, 2.05) is 18.2 Å². The standard InChI is InChI=1S/C19H27NO3/c1-23-13-19(8-5-9-19)18(22)20-17(15-11-16(21)12-15)10-14-6-3-2-4-7-14/h2-4,6-7,15-17,21H,5,8-13H2,1H3,(H,20,22)/t15?,16?,17-/m0/s1. The van der Waals surface area contributed by atoms with E-state index in [-0.39, 0.29) is 23.5 Å². The van der Waals surface area contributed by atoms with Crippen LogP contribution in [0.2, 0.25) is 0 Å². The highest BCUT2D eigenvalue weighted by Crippen LogP contribution is 2.42. The van der Waals surface area contributed by atoms with E-state index in [1.54, 1.807) is 7.11 Å². The van der Waals surface area contributed by atoms with Crippen LogP contribution in [0.5, 0.6) is 0 Å². The Morgan fingerprint density at radius 2 is 2.04 bits per heavy atom. The molecule has 0 bridgehead atoms. The summed E-state index contributed by atoms with van der Waals surface area (Å²) in [4.78, 5) is 12.8. The second-order valence-corrected chi connectivity index (χ2v) is 7.22. The predicted molar refractivity (Wildman–Crippen MR) is 89.0 cm³/mol. The van der Waals surface area contributed by atoms with Crippen LogP contribution in [0.25, 0.3) is 0 Å². The summed E-state index contributed by atoms with van der Waals surface area (Å²) in [5.74, 6) is 0.502. The molecule has 126 valence electrons. The van der Waals surface area contributed by atoms with Gasteiger partial charge in [-0.1, -0.05) is 36.8 Å². The second-order valence-electron chi connectivity index (χ2n) is 7.22. The largest absolute Gasteiger partial charge is 0.393 e. The van der Waals surface area contributed by atoms with Gasteiger partial charge in [0.05, 0.1) is 18.1 Å². The Kier molecular flexibility index (Phi) is 5.02. The van der Waals surface area contributed by atoms with Crippen LogP contribution in [0.4, 0.5) is 0 Å². The highest BCUT2D eigenvalue weighted by molar-refractivity contribution is 5.84. The number of benzene rings is 1. The van der Waals surface area contributed by atoms with Crippen molar-refractivity contribution in [3.8, 4) is 0 Å². The third-order valence-electron chi connectivity index (χ3n) is 5.55. The van der Waals surface area contributed by atoms with Gasteiger partial charge >= 0.3 is 0 Å². The molecule has 3 rings (SSSR count). The van der Waals surface area contributed by atoms with Crippen molar-refractivity contribution in [1.29, 1.82) is 0 Å². The first-order valence-electron chi connectivity index (χ1n) is 8.65. The molecule has 1 aromatic carbocycles. The first-order chi connectivity index (χ1) is 11.1. The molecule has 2 fully saturated rings. The smallest absolute Gasteiger partial charge is 0.228 e. The molecule has 0 aliphatic heterocycles. The Bertz CT molecular complexity index is 521. The fourth-order valence-electron chi connectivity index (χ4n) is 3.80. The number of methoxy groups -OCH3 is 1. The number of nitrogens with one attached hydrogen (secondary N) is 1. The predicted octanol–water partition coefficient (Wildman–Crippen LogP) is 2.30. The zero-order chi connectivity index (χ0) is 16.3. The number of rotatable bonds is 7. The topological polar surface area (TPSA) is 58.6 Å². The molecule has 0 saturated heterocycles. The molecule has 4 heteroatoms. The number of hydrogen-bond donors (Lipinski definition) is 2. The number of aliphatic hydroxyl groups is 1. The van der Waals surface area contributed by atoms with Crippen molar-refractivity contribution in [2.75, 3.05) is 13.7 Å². The van der Waals surface area contributed by atoms with E-state index in [0.29, 0.717) is 12.5 Å². The molecule has 1 amide bonds. The molecule has 2 saturated carbocycles. The van der Waals surface area contributed by atoms with Gasteiger partial charge in [-0.15, -0.1) is 0 Å². The van der Waals surface area contributed by atoms with E-state index in [4.69, 9.17) is 4.74 Å². The van der Waals surface area contributed by atoms with Crippen molar-refractivity contribution in [2.24, 2.45) is 11.3 Å². The van der Waals surface area contributed by atoms with Gasteiger partial charge in [0.25, 0.3) is 0 Å². The fourth-order valence-corrected chi connectivity index (χ4v) is 3.80. The van der Waals surface area contributed by atoms with Crippen molar-refractivity contribution in [3.63, 3.8) is 0 Å². The van der Waals surface area contributed by atoms with Crippen LogP contribution in [0, 0.1) is 11.3 Å². The van der Waals surface area contributed by atoms with Gasteiger partial charge in [0, 0.05) is 13.2 Å². The van der Waals surface area contributed by atoms with E-state index in [9.17, 15) is 9.90 Å². The van der Waals surface area contributed by atoms with E-state index in [1.165, 1.54) is 5.56 Å². The van der Waals surface area contributed by atoms with E-state index in [2.05, 4.69) is 17.4 Å². The molecule has 0 heterocycles. The number of amides is 1. The van der Waals surface area contributed by atoms with Gasteiger partial charge in [-0.2, -0.15) is 0 Å². The summed E-state index contributed by atoms with van der Waals surface area (Å²) >= 11 is 0. The number of hydrogen-bond acceptors (Lipinski definition) is 3. The highest BCUT2D eigenvalue weighted by atomic mass is 16.5.